The fourth-order valence-electron chi connectivity index (χ4n) is 4.27. The van der Waals surface area contributed by atoms with Crippen LogP contribution in [0.1, 0.15) is 43.5 Å². The summed E-state index contributed by atoms with van der Waals surface area (Å²) >= 11 is 0. The van der Waals surface area contributed by atoms with E-state index in [2.05, 4.69) is 48.6 Å². The van der Waals surface area contributed by atoms with Gasteiger partial charge in [0.05, 0.1) is 26.8 Å². The van der Waals surface area contributed by atoms with Crippen LogP contribution in [0.15, 0.2) is 42.5 Å². The van der Waals surface area contributed by atoms with Crippen molar-refractivity contribution < 1.29 is 19.2 Å². The van der Waals surface area contributed by atoms with E-state index in [9.17, 15) is 4.79 Å². The molecule has 29 heavy (non-hydrogen) atoms. The highest BCUT2D eigenvalue weighted by Crippen LogP contribution is 2.35. The van der Waals surface area contributed by atoms with Crippen LogP contribution < -0.4 is 19.7 Å². The van der Waals surface area contributed by atoms with Crippen molar-refractivity contribution in [3.8, 4) is 11.5 Å². The van der Waals surface area contributed by atoms with E-state index in [4.69, 9.17) is 9.47 Å². The predicted molar refractivity (Wildman–Crippen MR) is 114 cm³/mol. The van der Waals surface area contributed by atoms with Gasteiger partial charge in [-0.25, -0.2) is 0 Å². The van der Waals surface area contributed by atoms with Gasteiger partial charge >= 0.3 is 0 Å². The van der Waals surface area contributed by atoms with Gasteiger partial charge in [0.2, 0.25) is 5.91 Å². The molecule has 5 heteroatoms. The number of carbonyl (C=O) groups excluding carboxylic acids is 1. The van der Waals surface area contributed by atoms with E-state index in [0.717, 1.165) is 31.0 Å². The Bertz CT molecular complexity index is 836. The van der Waals surface area contributed by atoms with Crippen LogP contribution in [-0.4, -0.2) is 32.7 Å². The first-order valence-electron chi connectivity index (χ1n) is 10.4. The molecule has 0 saturated heterocycles. The van der Waals surface area contributed by atoms with Gasteiger partial charge in [0, 0.05) is 23.5 Å². The van der Waals surface area contributed by atoms with Gasteiger partial charge in [-0.05, 0) is 24.6 Å². The predicted octanol–water partition coefficient (Wildman–Crippen LogP) is 2.55. The molecule has 5 nitrogen and oxygen atoms in total. The van der Waals surface area contributed by atoms with Gasteiger partial charge in [-0.3, -0.25) is 4.79 Å². The highest BCUT2D eigenvalue weighted by Gasteiger charge is 2.37. The highest BCUT2D eigenvalue weighted by atomic mass is 16.5. The highest BCUT2D eigenvalue weighted by molar-refractivity contribution is 5.78. The molecule has 156 valence electrons. The van der Waals surface area contributed by atoms with Crippen molar-refractivity contribution in [2.45, 2.75) is 45.8 Å². The Balaban J connectivity index is 1.98. The third kappa shape index (κ3) is 4.73. The Morgan fingerprint density at radius 3 is 2.38 bits per heavy atom. The standard InChI is InChI=1S/C24H32N2O3/c1-16(2)24(27)25-17(3)23-20-14-22(29-5)21(28-4)13-19(20)11-12-26(23)15-18-9-7-6-8-10-18/h6-10,13-14,16-17,23H,11-12,15H2,1-5H3,(H,25,27)/p+1/t17-,23+/m0/s1. The van der Waals surface area contributed by atoms with Gasteiger partial charge < -0.3 is 19.7 Å². The number of amides is 1. The van der Waals surface area contributed by atoms with E-state index in [1.165, 1.54) is 21.6 Å². The summed E-state index contributed by atoms with van der Waals surface area (Å²) in [6.45, 7) is 7.89. The van der Waals surface area contributed by atoms with Crippen LogP contribution in [0.5, 0.6) is 11.5 Å². The molecule has 2 N–H and O–H groups in total. The van der Waals surface area contributed by atoms with Crippen molar-refractivity contribution in [2.24, 2.45) is 5.92 Å². The van der Waals surface area contributed by atoms with Crippen LogP contribution in [0.3, 0.4) is 0 Å². The van der Waals surface area contributed by atoms with Gasteiger partial charge in [-0.2, -0.15) is 0 Å². The number of hydrogen-bond donors (Lipinski definition) is 2. The maximum atomic E-state index is 12.4. The van der Waals surface area contributed by atoms with Crippen LogP contribution in [0, 0.1) is 5.92 Å². The van der Waals surface area contributed by atoms with Crippen molar-refractivity contribution in [2.75, 3.05) is 20.8 Å². The minimum Gasteiger partial charge on any atom is -0.493 e. The minimum absolute atomic E-state index is 0.000707. The molecule has 3 atom stereocenters. The third-order valence-corrected chi connectivity index (χ3v) is 5.80. The second-order valence-corrected chi connectivity index (χ2v) is 8.16. The zero-order valence-electron chi connectivity index (χ0n) is 18.1. The molecule has 0 aliphatic carbocycles. The third-order valence-electron chi connectivity index (χ3n) is 5.80. The Labute approximate surface area is 174 Å². The lowest BCUT2D eigenvalue weighted by atomic mass is 9.87. The monoisotopic (exact) mass is 397 g/mol. The first-order valence-corrected chi connectivity index (χ1v) is 10.4. The molecular formula is C24H33N2O3+. The average molecular weight is 398 g/mol. The van der Waals surface area contributed by atoms with Crippen molar-refractivity contribution in [1.82, 2.24) is 5.32 Å². The van der Waals surface area contributed by atoms with Gasteiger partial charge in [-0.1, -0.05) is 44.2 Å². The Hall–Kier alpha value is -2.53. The minimum atomic E-state index is -0.0384. The molecule has 0 saturated carbocycles. The second-order valence-electron chi connectivity index (χ2n) is 8.16. The lowest BCUT2D eigenvalue weighted by Gasteiger charge is -2.38. The Morgan fingerprint density at radius 2 is 1.76 bits per heavy atom. The van der Waals surface area contributed by atoms with E-state index in [1.807, 2.05) is 19.9 Å². The lowest BCUT2D eigenvalue weighted by Crippen LogP contribution is -3.13. The fraction of sp³-hybridized carbons (Fsp3) is 0.458. The van der Waals surface area contributed by atoms with Crippen LogP contribution in [0.25, 0.3) is 0 Å². The van der Waals surface area contributed by atoms with Crippen LogP contribution in [0.2, 0.25) is 0 Å². The summed E-state index contributed by atoms with van der Waals surface area (Å²) < 4.78 is 11.1. The van der Waals surface area contributed by atoms with E-state index < -0.39 is 0 Å². The summed E-state index contributed by atoms with van der Waals surface area (Å²) in [5.74, 6) is 1.54. The number of benzene rings is 2. The van der Waals surface area contributed by atoms with E-state index in [1.54, 1.807) is 14.2 Å². The molecule has 1 amide bonds. The summed E-state index contributed by atoms with van der Waals surface area (Å²) in [6, 6.07) is 14.9. The number of rotatable bonds is 7. The van der Waals surface area contributed by atoms with Crippen molar-refractivity contribution in [1.29, 1.82) is 0 Å². The molecule has 1 unspecified atom stereocenters. The smallest absolute Gasteiger partial charge is 0.222 e. The molecule has 2 aromatic rings. The summed E-state index contributed by atoms with van der Waals surface area (Å²) in [7, 11) is 3.34. The van der Waals surface area contributed by atoms with Crippen LogP contribution in [-0.2, 0) is 17.8 Å². The van der Waals surface area contributed by atoms with Gasteiger partial charge in [0.1, 0.15) is 12.6 Å². The number of fused-ring (bicyclic) bond motifs is 1. The molecule has 1 aliphatic heterocycles. The zero-order valence-corrected chi connectivity index (χ0v) is 18.1. The maximum absolute atomic E-state index is 12.4. The summed E-state index contributed by atoms with van der Waals surface area (Å²) in [5.41, 5.74) is 3.81. The summed E-state index contributed by atoms with van der Waals surface area (Å²) in [4.78, 5) is 13.9. The van der Waals surface area contributed by atoms with Crippen molar-refractivity contribution in [3.05, 3.63) is 59.2 Å². The van der Waals surface area contributed by atoms with Crippen LogP contribution in [0.4, 0.5) is 0 Å². The fourth-order valence-corrected chi connectivity index (χ4v) is 4.27. The van der Waals surface area contributed by atoms with Crippen LogP contribution >= 0.6 is 0 Å². The molecule has 2 aromatic carbocycles. The first kappa shape index (κ1) is 21.2. The van der Waals surface area contributed by atoms with Crippen molar-refractivity contribution >= 4 is 5.91 Å². The topological polar surface area (TPSA) is 52.0 Å². The summed E-state index contributed by atoms with van der Waals surface area (Å²) in [6.07, 6.45) is 0.971. The second kappa shape index (κ2) is 9.31. The number of hydrogen-bond acceptors (Lipinski definition) is 3. The average Bonchev–Trinajstić information content (AvgIpc) is 2.72. The molecule has 1 aliphatic rings. The molecule has 0 bridgehead atoms. The first-order chi connectivity index (χ1) is 13.9. The van der Waals surface area contributed by atoms with E-state index >= 15 is 0 Å². The Morgan fingerprint density at radius 1 is 1.10 bits per heavy atom. The maximum Gasteiger partial charge on any atom is 0.222 e. The Kier molecular flexibility index (Phi) is 6.80. The van der Waals surface area contributed by atoms with E-state index in [0.29, 0.717) is 0 Å². The van der Waals surface area contributed by atoms with Gasteiger partial charge in [0.15, 0.2) is 11.5 Å². The summed E-state index contributed by atoms with van der Waals surface area (Å²) in [5, 5.41) is 3.24. The number of nitrogens with one attached hydrogen (secondary N) is 2. The zero-order chi connectivity index (χ0) is 21.0. The quantitative estimate of drug-likeness (QED) is 0.755. The molecule has 0 fully saturated rings. The molecular weight excluding hydrogens is 364 g/mol. The number of methoxy groups -OCH3 is 2. The SMILES string of the molecule is COc1cc2c(cc1OC)[C@@H]([C@H](C)NC(=O)C(C)C)[NH+](Cc1ccccc1)CC2. The molecule has 0 radical (unpaired) electrons. The molecule has 1 heterocycles. The largest absolute Gasteiger partial charge is 0.493 e. The number of carbonyl (C=O) groups is 1. The number of quaternary nitrogens is 1. The van der Waals surface area contributed by atoms with E-state index in [-0.39, 0.29) is 23.9 Å². The van der Waals surface area contributed by atoms with Gasteiger partial charge in [0.25, 0.3) is 0 Å². The lowest BCUT2D eigenvalue weighted by molar-refractivity contribution is -0.948. The van der Waals surface area contributed by atoms with Gasteiger partial charge in [-0.15, -0.1) is 0 Å². The normalized spacial score (nSPS) is 19.4. The molecule has 0 aromatic heterocycles. The number of ether oxygens (including phenoxy) is 2. The molecule has 0 spiro atoms. The van der Waals surface area contributed by atoms with Crippen molar-refractivity contribution in [3.63, 3.8) is 0 Å². The molecule has 3 rings (SSSR count).